The van der Waals surface area contributed by atoms with Gasteiger partial charge in [0.15, 0.2) is 0 Å². The van der Waals surface area contributed by atoms with Crippen molar-refractivity contribution in [2.75, 3.05) is 6.54 Å². The maximum absolute atomic E-state index is 3.88. The van der Waals surface area contributed by atoms with E-state index in [1.165, 1.54) is 5.57 Å². The predicted octanol–water partition coefficient (Wildman–Crippen LogP) is 1.94. The molecule has 52 valence electrons. The first kappa shape index (κ1) is 8.79. The van der Waals surface area contributed by atoms with E-state index in [9.17, 15) is 0 Å². The Bertz CT molecular complexity index is 116. The number of rotatable bonds is 3. The summed E-state index contributed by atoms with van der Waals surface area (Å²) in [6.07, 6.45) is 6.13. The molecule has 0 aliphatic heterocycles. The lowest BCUT2D eigenvalue weighted by Gasteiger charge is -1.96. The number of hydrogen-bond donors (Lipinski definition) is 2. The maximum atomic E-state index is 3.88. The lowest BCUT2D eigenvalue weighted by molar-refractivity contribution is 1.09. The van der Waals surface area contributed by atoms with Crippen LogP contribution in [0.5, 0.6) is 0 Å². The standard InChI is InChI=1S/C7H13NS/c1-3-5-7(4-2)6-8-9/h3-5,8-9H,6H2,1-2H3. The van der Waals surface area contributed by atoms with Crippen molar-refractivity contribution in [1.82, 2.24) is 4.72 Å². The summed E-state index contributed by atoms with van der Waals surface area (Å²) in [5.41, 5.74) is 1.26. The van der Waals surface area contributed by atoms with Crippen molar-refractivity contribution < 1.29 is 0 Å². The van der Waals surface area contributed by atoms with Crippen molar-refractivity contribution in [1.29, 1.82) is 0 Å². The summed E-state index contributed by atoms with van der Waals surface area (Å²) in [5.74, 6) is 0. The van der Waals surface area contributed by atoms with Crippen molar-refractivity contribution in [2.24, 2.45) is 0 Å². The zero-order valence-corrected chi connectivity index (χ0v) is 6.78. The van der Waals surface area contributed by atoms with Crippen LogP contribution in [-0.4, -0.2) is 6.54 Å². The average molecular weight is 143 g/mol. The molecular formula is C7H13NS. The molecule has 0 aliphatic carbocycles. The van der Waals surface area contributed by atoms with Crippen LogP contribution in [0, 0.1) is 0 Å². The minimum absolute atomic E-state index is 0.823. The molecule has 0 saturated carbocycles. The van der Waals surface area contributed by atoms with E-state index in [0.29, 0.717) is 0 Å². The van der Waals surface area contributed by atoms with Gasteiger partial charge in [-0.3, -0.25) is 4.72 Å². The molecular weight excluding hydrogens is 130 g/mol. The summed E-state index contributed by atoms with van der Waals surface area (Å²) in [6, 6.07) is 0. The smallest absolute Gasteiger partial charge is 0.0304 e. The lowest BCUT2D eigenvalue weighted by Crippen LogP contribution is -2.02. The van der Waals surface area contributed by atoms with E-state index in [-0.39, 0.29) is 0 Å². The van der Waals surface area contributed by atoms with Crippen LogP contribution >= 0.6 is 12.8 Å². The first-order valence-corrected chi connectivity index (χ1v) is 3.44. The van der Waals surface area contributed by atoms with Crippen molar-refractivity contribution in [3.8, 4) is 0 Å². The van der Waals surface area contributed by atoms with Crippen molar-refractivity contribution >= 4 is 12.8 Å². The Morgan fingerprint density at radius 2 is 2.22 bits per heavy atom. The van der Waals surface area contributed by atoms with E-state index in [1.54, 1.807) is 0 Å². The molecule has 0 amide bonds. The van der Waals surface area contributed by atoms with Crippen molar-refractivity contribution in [3.05, 3.63) is 23.8 Å². The Morgan fingerprint density at radius 1 is 1.56 bits per heavy atom. The molecule has 9 heavy (non-hydrogen) atoms. The number of thiol groups is 1. The summed E-state index contributed by atoms with van der Waals surface area (Å²) in [7, 11) is 0. The van der Waals surface area contributed by atoms with E-state index >= 15 is 0 Å². The van der Waals surface area contributed by atoms with Crippen LogP contribution in [0.15, 0.2) is 23.8 Å². The third kappa shape index (κ3) is 4.30. The largest absolute Gasteiger partial charge is 0.262 e. The zero-order chi connectivity index (χ0) is 7.11. The first-order chi connectivity index (χ1) is 4.35. The second-order valence-electron chi connectivity index (χ2n) is 1.70. The summed E-state index contributed by atoms with van der Waals surface area (Å²) < 4.78 is 2.78. The molecule has 0 fully saturated rings. The van der Waals surface area contributed by atoms with E-state index in [4.69, 9.17) is 0 Å². The predicted molar refractivity (Wildman–Crippen MR) is 45.6 cm³/mol. The monoisotopic (exact) mass is 143 g/mol. The van der Waals surface area contributed by atoms with Crippen LogP contribution in [0.25, 0.3) is 0 Å². The summed E-state index contributed by atoms with van der Waals surface area (Å²) in [5, 5.41) is 0. The van der Waals surface area contributed by atoms with Crippen molar-refractivity contribution in [3.63, 3.8) is 0 Å². The third-order valence-electron chi connectivity index (χ3n) is 1.03. The SMILES string of the molecule is CC=CC(=CC)CNS. The van der Waals surface area contributed by atoms with Gasteiger partial charge in [-0.1, -0.05) is 31.0 Å². The van der Waals surface area contributed by atoms with E-state index in [1.807, 2.05) is 19.9 Å². The minimum atomic E-state index is 0.823. The highest BCUT2D eigenvalue weighted by Gasteiger charge is 1.84. The molecule has 0 bridgehead atoms. The second kappa shape index (κ2) is 5.92. The van der Waals surface area contributed by atoms with Crippen LogP contribution in [0.1, 0.15) is 13.8 Å². The molecule has 0 aliphatic rings. The molecule has 0 atom stereocenters. The van der Waals surface area contributed by atoms with Gasteiger partial charge in [-0.15, -0.1) is 0 Å². The Morgan fingerprint density at radius 3 is 2.56 bits per heavy atom. The van der Waals surface area contributed by atoms with Crippen LogP contribution < -0.4 is 4.72 Å². The van der Waals surface area contributed by atoms with Crippen LogP contribution in [0.3, 0.4) is 0 Å². The van der Waals surface area contributed by atoms with Gasteiger partial charge in [0.2, 0.25) is 0 Å². The number of nitrogens with one attached hydrogen (secondary N) is 1. The van der Waals surface area contributed by atoms with Gasteiger partial charge in [0.25, 0.3) is 0 Å². The maximum Gasteiger partial charge on any atom is 0.0304 e. The fraction of sp³-hybridized carbons (Fsp3) is 0.429. The van der Waals surface area contributed by atoms with Gasteiger partial charge in [-0.05, 0) is 19.4 Å². The van der Waals surface area contributed by atoms with Crippen LogP contribution in [0.4, 0.5) is 0 Å². The average Bonchev–Trinajstić information content (AvgIpc) is 1.88. The third-order valence-corrected chi connectivity index (χ3v) is 1.19. The Balaban J connectivity index is 3.70. The molecule has 0 aromatic heterocycles. The Labute approximate surface area is 62.4 Å². The van der Waals surface area contributed by atoms with Crippen molar-refractivity contribution in [2.45, 2.75) is 13.8 Å². The van der Waals surface area contributed by atoms with E-state index in [2.05, 4.69) is 29.7 Å². The number of allylic oxidation sites excluding steroid dienone is 2. The molecule has 0 heterocycles. The summed E-state index contributed by atoms with van der Waals surface area (Å²) >= 11 is 3.88. The summed E-state index contributed by atoms with van der Waals surface area (Å²) in [4.78, 5) is 0. The molecule has 0 saturated heterocycles. The molecule has 0 unspecified atom stereocenters. The van der Waals surface area contributed by atoms with Crippen LogP contribution in [-0.2, 0) is 0 Å². The van der Waals surface area contributed by atoms with Crippen LogP contribution in [0.2, 0.25) is 0 Å². The normalized spacial score (nSPS) is 13.0. The molecule has 0 aromatic carbocycles. The Hall–Kier alpha value is -0.210. The summed E-state index contributed by atoms with van der Waals surface area (Å²) in [6.45, 7) is 4.84. The molecule has 0 spiro atoms. The Kier molecular flexibility index (Phi) is 5.78. The van der Waals surface area contributed by atoms with Gasteiger partial charge in [-0.25, -0.2) is 0 Å². The number of hydrogen-bond acceptors (Lipinski definition) is 2. The highest BCUT2D eigenvalue weighted by molar-refractivity contribution is 7.78. The van der Waals surface area contributed by atoms with Gasteiger partial charge in [-0.2, -0.15) is 0 Å². The topological polar surface area (TPSA) is 12.0 Å². The van der Waals surface area contributed by atoms with Gasteiger partial charge in [0, 0.05) is 6.54 Å². The van der Waals surface area contributed by atoms with E-state index in [0.717, 1.165) is 6.54 Å². The highest BCUT2D eigenvalue weighted by atomic mass is 32.1. The second-order valence-corrected chi connectivity index (χ2v) is 2.01. The van der Waals surface area contributed by atoms with Gasteiger partial charge < -0.3 is 0 Å². The molecule has 0 rings (SSSR count). The minimum Gasteiger partial charge on any atom is -0.262 e. The van der Waals surface area contributed by atoms with E-state index < -0.39 is 0 Å². The molecule has 1 nitrogen and oxygen atoms in total. The highest BCUT2D eigenvalue weighted by Crippen LogP contribution is 1.93. The fourth-order valence-corrected chi connectivity index (χ4v) is 0.745. The molecule has 0 aromatic rings. The molecule has 1 N–H and O–H groups in total. The fourth-order valence-electron chi connectivity index (χ4n) is 0.563. The van der Waals surface area contributed by atoms with Gasteiger partial charge in [0.1, 0.15) is 0 Å². The lowest BCUT2D eigenvalue weighted by atomic mass is 10.2. The molecule has 0 radical (unpaired) electrons. The first-order valence-electron chi connectivity index (χ1n) is 3.00. The van der Waals surface area contributed by atoms with Gasteiger partial charge in [0.05, 0.1) is 0 Å². The molecule has 2 heteroatoms. The quantitative estimate of drug-likeness (QED) is 0.454. The van der Waals surface area contributed by atoms with Gasteiger partial charge >= 0.3 is 0 Å². The zero-order valence-electron chi connectivity index (χ0n) is 5.89.